The molecular formula is C18H27N3O3. The number of rotatable bonds is 8. The molecule has 2 rings (SSSR count). The summed E-state index contributed by atoms with van der Waals surface area (Å²) in [5, 5.41) is 3.29. The van der Waals surface area contributed by atoms with Crippen LogP contribution in [0.15, 0.2) is 29.3 Å². The van der Waals surface area contributed by atoms with Gasteiger partial charge in [0.25, 0.3) is 0 Å². The van der Waals surface area contributed by atoms with Crippen LogP contribution in [0.5, 0.6) is 5.75 Å². The minimum atomic E-state index is -0.141. The Bertz CT molecular complexity index is 560. The maximum absolute atomic E-state index is 11.0. The summed E-state index contributed by atoms with van der Waals surface area (Å²) in [6, 6.07) is 8.16. The molecule has 1 aliphatic heterocycles. The van der Waals surface area contributed by atoms with Gasteiger partial charge in [-0.1, -0.05) is 31.0 Å². The molecule has 1 atom stereocenters. The molecule has 6 heteroatoms. The van der Waals surface area contributed by atoms with Crippen LogP contribution in [0.1, 0.15) is 50.1 Å². The zero-order valence-corrected chi connectivity index (χ0v) is 14.3. The molecule has 1 aromatic carbocycles. The molecule has 1 unspecified atom stereocenters. The normalized spacial score (nSPS) is 16.9. The number of para-hydroxylation sites is 1. The molecule has 3 N–H and O–H groups in total. The van der Waals surface area contributed by atoms with Gasteiger partial charge < -0.3 is 20.5 Å². The molecule has 24 heavy (non-hydrogen) atoms. The van der Waals surface area contributed by atoms with Crippen molar-refractivity contribution in [3.05, 3.63) is 29.8 Å². The van der Waals surface area contributed by atoms with E-state index in [1.54, 1.807) is 0 Å². The molecule has 0 bridgehead atoms. The molecular weight excluding hydrogens is 306 g/mol. The van der Waals surface area contributed by atoms with Crippen molar-refractivity contribution >= 4 is 11.9 Å². The third-order valence-electron chi connectivity index (χ3n) is 4.08. The van der Waals surface area contributed by atoms with Crippen LogP contribution >= 0.6 is 0 Å². The van der Waals surface area contributed by atoms with E-state index in [0.717, 1.165) is 43.4 Å². The number of unbranched alkanes of at least 4 members (excludes halogenated alkanes) is 3. The Hall–Kier alpha value is -2.24. The van der Waals surface area contributed by atoms with Gasteiger partial charge in [-0.2, -0.15) is 0 Å². The Morgan fingerprint density at radius 1 is 1.33 bits per heavy atom. The topological polar surface area (TPSA) is 85.9 Å². The van der Waals surface area contributed by atoms with Crippen LogP contribution in [0.25, 0.3) is 0 Å². The third kappa shape index (κ3) is 5.76. The summed E-state index contributed by atoms with van der Waals surface area (Å²) in [6.07, 6.45) is 5.24. The standard InChI is InChI=1S/C18H27N3O3/c1-23-17(22)10-4-2-3-7-12-20-18(19)21-15-11-13-24-16-9-6-5-8-14(15)16/h5-6,8-9,15H,2-4,7,10-13H2,1H3,(H3,19,20,21). The first-order chi connectivity index (χ1) is 11.7. The summed E-state index contributed by atoms with van der Waals surface area (Å²) >= 11 is 0. The highest BCUT2D eigenvalue weighted by Gasteiger charge is 2.20. The van der Waals surface area contributed by atoms with Gasteiger partial charge >= 0.3 is 5.97 Å². The number of guanidine groups is 1. The minimum absolute atomic E-state index is 0.141. The molecule has 0 radical (unpaired) electrons. The molecule has 1 aliphatic rings. The van der Waals surface area contributed by atoms with Crippen LogP contribution in [0.4, 0.5) is 0 Å². The van der Waals surface area contributed by atoms with Gasteiger partial charge in [0.1, 0.15) is 5.75 Å². The van der Waals surface area contributed by atoms with E-state index in [1.165, 1.54) is 7.11 Å². The van der Waals surface area contributed by atoms with Crippen LogP contribution in [0, 0.1) is 0 Å². The van der Waals surface area contributed by atoms with E-state index in [4.69, 9.17) is 10.5 Å². The molecule has 0 spiro atoms. The number of ether oxygens (including phenoxy) is 2. The van der Waals surface area contributed by atoms with Crippen molar-refractivity contribution < 1.29 is 14.3 Å². The molecule has 0 amide bonds. The lowest BCUT2D eigenvalue weighted by Gasteiger charge is -2.26. The second-order valence-electron chi connectivity index (χ2n) is 5.88. The van der Waals surface area contributed by atoms with Crippen molar-refractivity contribution in [2.24, 2.45) is 10.7 Å². The summed E-state index contributed by atoms with van der Waals surface area (Å²) in [4.78, 5) is 15.4. The first-order valence-electron chi connectivity index (χ1n) is 8.55. The third-order valence-corrected chi connectivity index (χ3v) is 4.08. The number of nitrogens with zero attached hydrogens (tertiary/aromatic N) is 1. The number of methoxy groups -OCH3 is 1. The van der Waals surface area contributed by atoms with E-state index in [-0.39, 0.29) is 12.0 Å². The Balaban J connectivity index is 1.67. The predicted octanol–water partition coefficient (Wildman–Crippen LogP) is 2.54. The van der Waals surface area contributed by atoms with Gasteiger partial charge in [0.2, 0.25) is 0 Å². The van der Waals surface area contributed by atoms with Crippen LogP contribution in [0.2, 0.25) is 0 Å². The lowest BCUT2D eigenvalue weighted by molar-refractivity contribution is -0.140. The maximum Gasteiger partial charge on any atom is 0.305 e. The number of carbonyl (C=O) groups is 1. The number of nitrogens with one attached hydrogen (secondary N) is 1. The van der Waals surface area contributed by atoms with E-state index in [0.29, 0.717) is 25.5 Å². The van der Waals surface area contributed by atoms with Gasteiger partial charge in [-0.25, -0.2) is 0 Å². The van der Waals surface area contributed by atoms with E-state index in [1.807, 2.05) is 18.2 Å². The quantitative estimate of drug-likeness (QED) is 0.330. The Morgan fingerprint density at radius 3 is 2.96 bits per heavy atom. The monoisotopic (exact) mass is 333 g/mol. The summed E-state index contributed by atoms with van der Waals surface area (Å²) in [7, 11) is 1.42. The number of carbonyl (C=O) groups excluding carboxylic acids is 1. The number of hydrogen-bond donors (Lipinski definition) is 2. The molecule has 6 nitrogen and oxygen atoms in total. The highest BCUT2D eigenvalue weighted by Crippen LogP contribution is 2.31. The number of aliphatic imine (C=N–C) groups is 1. The van der Waals surface area contributed by atoms with Gasteiger partial charge in [-0.15, -0.1) is 0 Å². The lowest BCUT2D eigenvalue weighted by atomic mass is 10.0. The second kappa shape index (κ2) is 9.80. The van der Waals surface area contributed by atoms with E-state index >= 15 is 0 Å². The zero-order chi connectivity index (χ0) is 17.2. The fourth-order valence-electron chi connectivity index (χ4n) is 2.75. The van der Waals surface area contributed by atoms with Crippen molar-refractivity contribution in [2.45, 2.75) is 44.6 Å². The number of esters is 1. The van der Waals surface area contributed by atoms with Crippen molar-refractivity contribution in [1.82, 2.24) is 5.32 Å². The largest absolute Gasteiger partial charge is 0.493 e. The van der Waals surface area contributed by atoms with Crippen molar-refractivity contribution in [3.8, 4) is 5.75 Å². The van der Waals surface area contributed by atoms with Crippen molar-refractivity contribution in [1.29, 1.82) is 0 Å². The molecule has 0 fully saturated rings. The van der Waals surface area contributed by atoms with Gasteiger partial charge in [0.15, 0.2) is 5.96 Å². The Labute approximate surface area is 143 Å². The molecule has 0 aromatic heterocycles. The van der Waals surface area contributed by atoms with E-state index in [2.05, 4.69) is 21.1 Å². The lowest BCUT2D eigenvalue weighted by Crippen LogP contribution is -2.37. The predicted molar refractivity (Wildman–Crippen MR) is 94.0 cm³/mol. The molecule has 132 valence electrons. The summed E-state index contributed by atoms with van der Waals surface area (Å²) in [5.74, 6) is 1.25. The fourth-order valence-corrected chi connectivity index (χ4v) is 2.75. The van der Waals surface area contributed by atoms with Crippen molar-refractivity contribution in [2.75, 3.05) is 20.3 Å². The maximum atomic E-state index is 11.0. The van der Waals surface area contributed by atoms with Crippen LogP contribution in [-0.4, -0.2) is 32.2 Å². The van der Waals surface area contributed by atoms with Crippen LogP contribution in [0.3, 0.4) is 0 Å². The highest BCUT2D eigenvalue weighted by molar-refractivity contribution is 5.78. The van der Waals surface area contributed by atoms with Gasteiger partial charge in [-0.3, -0.25) is 9.79 Å². The first kappa shape index (κ1) is 18.1. The molecule has 0 aliphatic carbocycles. The minimum Gasteiger partial charge on any atom is -0.493 e. The Morgan fingerprint density at radius 2 is 2.12 bits per heavy atom. The second-order valence-corrected chi connectivity index (χ2v) is 5.88. The molecule has 0 saturated heterocycles. The number of benzene rings is 1. The van der Waals surface area contributed by atoms with E-state index < -0.39 is 0 Å². The summed E-state index contributed by atoms with van der Waals surface area (Å²) in [6.45, 7) is 1.38. The average Bonchev–Trinajstić information content (AvgIpc) is 2.61. The van der Waals surface area contributed by atoms with Gasteiger partial charge in [0, 0.05) is 24.9 Å². The van der Waals surface area contributed by atoms with E-state index in [9.17, 15) is 4.79 Å². The average molecular weight is 333 g/mol. The number of nitrogens with two attached hydrogens (primary N) is 1. The molecule has 1 aromatic rings. The van der Waals surface area contributed by atoms with Crippen LogP contribution in [-0.2, 0) is 9.53 Å². The van der Waals surface area contributed by atoms with Crippen molar-refractivity contribution in [3.63, 3.8) is 0 Å². The van der Waals surface area contributed by atoms with Crippen LogP contribution < -0.4 is 15.8 Å². The smallest absolute Gasteiger partial charge is 0.305 e. The first-order valence-corrected chi connectivity index (χ1v) is 8.55. The molecule has 1 heterocycles. The van der Waals surface area contributed by atoms with Gasteiger partial charge in [0.05, 0.1) is 19.8 Å². The summed E-state index contributed by atoms with van der Waals surface area (Å²) < 4.78 is 10.3. The van der Waals surface area contributed by atoms with Gasteiger partial charge in [-0.05, 0) is 18.9 Å². The fraction of sp³-hybridized carbons (Fsp3) is 0.556. The SMILES string of the molecule is COC(=O)CCCCCCN=C(N)NC1CCOc2ccccc21. The molecule has 0 saturated carbocycles. The number of fused-ring (bicyclic) bond motifs is 1. The summed E-state index contributed by atoms with van der Waals surface area (Å²) in [5.41, 5.74) is 7.13. The number of hydrogen-bond acceptors (Lipinski definition) is 4. The zero-order valence-electron chi connectivity index (χ0n) is 14.3. The Kier molecular flexibility index (Phi) is 7.39. The highest BCUT2D eigenvalue weighted by atomic mass is 16.5.